The summed E-state index contributed by atoms with van der Waals surface area (Å²) in [4.78, 5) is 6.71. The van der Waals surface area contributed by atoms with E-state index in [4.69, 9.17) is 42.8 Å². The molecule has 0 radical (unpaired) electrons. The summed E-state index contributed by atoms with van der Waals surface area (Å²) in [6.45, 7) is 4.99. The van der Waals surface area contributed by atoms with Crippen molar-refractivity contribution in [1.29, 1.82) is 0 Å². The monoisotopic (exact) mass is 454 g/mol. The topological polar surface area (TPSA) is 72.7 Å². The van der Waals surface area contributed by atoms with Crippen LogP contribution in [0.4, 0.5) is 0 Å². The lowest BCUT2D eigenvalue weighted by Gasteiger charge is -2.36. The molecule has 0 saturated heterocycles. The van der Waals surface area contributed by atoms with E-state index in [1.54, 1.807) is 0 Å². The van der Waals surface area contributed by atoms with Crippen LogP contribution in [0.3, 0.4) is 0 Å². The summed E-state index contributed by atoms with van der Waals surface area (Å²) in [5.41, 5.74) is 3.62. The first-order chi connectivity index (χ1) is 15.0. The minimum absolute atomic E-state index is 0.212. The number of hydrogen-bond donors (Lipinski definition) is 1. The number of allylic oxidation sites excluding steroid dienone is 1. The molecule has 1 atom stereocenters. The lowest BCUT2D eigenvalue weighted by Crippen LogP contribution is -2.45. The molecule has 9 heteroatoms. The minimum atomic E-state index is -0.238. The van der Waals surface area contributed by atoms with Crippen molar-refractivity contribution < 1.29 is 14.0 Å². The van der Waals surface area contributed by atoms with Gasteiger partial charge in [0, 0.05) is 22.8 Å². The van der Waals surface area contributed by atoms with Gasteiger partial charge < -0.3 is 24.2 Å². The highest BCUT2D eigenvalue weighted by Gasteiger charge is 2.33. The van der Waals surface area contributed by atoms with Gasteiger partial charge in [-0.1, -0.05) is 28.9 Å². The Hall–Kier alpha value is -3.10. The quantitative estimate of drug-likeness (QED) is 0.563. The van der Waals surface area contributed by atoms with E-state index in [1.165, 1.54) is 0 Å². The Morgan fingerprint density at radius 2 is 1.94 bits per heavy atom. The fourth-order valence-electron chi connectivity index (χ4n) is 3.83. The minimum Gasteiger partial charge on any atom is -0.454 e. The molecular formula is C22H19ClN4O3S. The summed E-state index contributed by atoms with van der Waals surface area (Å²) < 4.78 is 16.6. The third-order valence-electron chi connectivity index (χ3n) is 5.40. The molecule has 158 valence electrons. The molecule has 0 aliphatic carbocycles. The first kappa shape index (κ1) is 19.8. The molecule has 0 amide bonds. The molecular weight excluding hydrogens is 436 g/mol. The zero-order chi connectivity index (χ0) is 21.5. The Morgan fingerprint density at radius 1 is 1.16 bits per heavy atom. The molecule has 3 aromatic rings. The van der Waals surface area contributed by atoms with Gasteiger partial charge in [-0.25, -0.2) is 0 Å². The molecule has 1 aromatic heterocycles. The van der Waals surface area contributed by atoms with Crippen molar-refractivity contribution in [2.75, 3.05) is 13.3 Å². The number of nitrogens with zero attached hydrogens (tertiary/aromatic N) is 3. The predicted molar refractivity (Wildman–Crippen MR) is 121 cm³/mol. The molecule has 0 spiro atoms. The number of rotatable bonds is 4. The lowest BCUT2D eigenvalue weighted by atomic mass is 9.95. The Labute approximate surface area is 189 Å². The Morgan fingerprint density at radius 3 is 2.71 bits per heavy atom. The standard InChI is InChI=1S/C22H19ClN4O3S/c1-3-27-12(2)18(19(24-22(27)31)13-4-7-15(23)8-5-13)21-25-20(26-30-21)14-6-9-16-17(10-14)29-11-28-16/h4-10,19H,3,11H2,1-2H3,(H,24,31). The normalized spacial score (nSPS) is 17.8. The molecule has 3 heterocycles. The van der Waals surface area contributed by atoms with Crippen molar-refractivity contribution in [3.63, 3.8) is 0 Å². The van der Waals surface area contributed by atoms with Crippen LogP contribution in [0, 0.1) is 0 Å². The number of benzene rings is 2. The molecule has 1 N–H and O–H groups in total. The molecule has 0 saturated carbocycles. The van der Waals surface area contributed by atoms with E-state index >= 15 is 0 Å². The van der Waals surface area contributed by atoms with Crippen LogP contribution in [-0.2, 0) is 0 Å². The Balaban J connectivity index is 1.58. The highest BCUT2D eigenvalue weighted by atomic mass is 35.5. The van der Waals surface area contributed by atoms with Gasteiger partial charge in [-0.3, -0.25) is 0 Å². The van der Waals surface area contributed by atoms with Gasteiger partial charge in [0.05, 0.1) is 11.6 Å². The van der Waals surface area contributed by atoms with E-state index in [1.807, 2.05) is 61.2 Å². The largest absolute Gasteiger partial charge is 0.454 e. The SMILES string of the molecule is CCN1C(=S)NC(c2ccc(Cl)cc2)C(c2nc(-c3ccc4c(c3)OCO4)no2)=C1C. The van der Waals surface area contributed by atoms with Crippen LogP contribution in [0.2, 0.25) is 5.02 Å². The summed E-state index contributed by atoms with van der Waals surface area (Å²) in [6.07, 6.45) is 0. The highest BCUT2D eigenvalue weighted by molar-refractivity contribution is 7.80. The maximum atomic E-state index is 6.09. The summed E-state index contributed by atoms with van der Waals surface area (Å²) in [7, 11) is 0. The first-order valence-corrected chi connectivity index (χ1v) is 10.6. The number of ether oxygens (including phenoxy) is 2. The average Bonchev–Trinajstić information content (AvgIpc) is 3.43. The van der Waals surface area contributed by atoms with Crippen molar-refractivity contribution in [2.45, 2.75) is 19.9 Å². The summed E-state index contributed by atoms with van der Waals surface area (Å²) >= 11 is 11.7. The Kier molecular flexibility index (Phi) is 5.03. The first-order valence-electron chi connectivity index (χ1n) is 9.83. The zero-order valence-electron chi connectivity index (χ0n) is 16.9. The molecule has 31 heavy (non-hydrogen) atoms. The van der Waals surface area contributed by atoms with E-state index in [2.05, 4.69) is 10.5 Å². The average molecular weight is 455 g/mol. The fraction of sp³-hybridized carbons (Fsp3) is 0.227. The third kappa shape index (κ3) is 3.51. The molecule has 5 rings (SSSR count). The second-order valence-corrected chi connectivity index (χ2v) is 7.99. The van der Waals surface area contributed by atoms with Gasteiger partial charge in [-0.05, 0) is 62.0 Å². The van der Waals surface area contributed by atoms with Crippen molar-refractivity contribution >= 4 is 34.5 Å². The zero-order valence-corrected chi connectivity index (χ0v) is 18.5. The number of nitrogens with one attached hydrogen (secondary N) is 1. The van der Waals surface area contributed by atoms with Gasteiger partial charge in [0.2, 0.25) is 12.6 Å². The summed E-state index contributed by atoms with van der Waals surface area (Å²) in [5.74, 6) is 2.27. The van der Waals surface area contributed by atoms with Crippen LogP contribution in [-0.4, -0.2) is 33.5 Å². The molecule has 2 aliphatic rings. The van der Waals surface area contributed by atoms with Gasteiger partial charge in [0.15, 0.2) is 16.6 Å². The van der Waals surface area contributed by atoms with Gasteiger partial charge in [-0.2, -0.15) is 4.98 Å². The molecule has 0 bridgehead atoms. The molecule has 2 aliphatic heterocycles. The van der Waals surface area contributed by atoms with Gasteiger partial charge >= 0.3 is 0 Å². The summed E-state index contributed by atoms with van der Waals surface area (Å²) in [5, 5.41) is 8.95. The van der Waals surface area contributed by atoms with Gasteiger partial charge in [0.1, 0.15) is 0 Å². The van der Waals surface area contributed by atoms with Crippen LogP contribution in [0.15, 0.2) is 52.7 Å². The second-order valence-electron chi connectivity index (χ2n) is 7.17. The molecule has 2 aromatic carbocycles. The van der Waals surface area contributed by atoms with E-state index in [9.17, 15) is 0 Å². The second kappa shape index (κ2) is 7.86. The van der Waals surface area contributed by atoms with E-state index in [-0.39, 0.29) is 12.8 Å². The molecule has 7 nitrogen and oxygen atoms in total. The third-order valence-corrected chi connectivity index (χ3v) is 5.99. The smallest absolute Gasteiger partial charge is 0.258 e. The van der Waals surface area contributed by atoms with Crippen molar-refractivity contribution in [2.24, 2.45) is 0 Å². The van der Waals surface area contributed by atoms with Crippen molar-refractivity contribution in [3.8, 4) is 22.9 Å². The van der Waals surface area contributed by atoms with E-state index < -0.39 is 0 Å². The van der Waals surface area contributed by atoms with E-state index in [0.717, 1.165) is 28.9 Å². The maximum Gasteiger partial charge on any atom is 0.258 e. The molecule has 1 unspecified atom stereocenters. The van der Waals surface area contributed by atoms with Crippen molar-refractivity contribution in [1.82, 2.24) is 20.4 Å². The Bertz CT molecular complexity index is 1190. The fourth-order valence-corrected chi connectivity index (χ4v) is 4.34. The van der Waals surface area contributed by atoms with Crippen molar-refractivity contribution in [3.05, 3.63) is 64.6 Å². The predicted octanol–water partition coefficient (Wildman–Crippen LogP) is 4.80. The number of hydrogen-bond acceptors (Lipinski definition) is 6. The molecule has 0 fully saturated rings. The summed E-state index contributed by atoms with van der Waals surface area (Å²) in [6, 6.07) is 13.0. The maximum absolute atomic E-state index is 6.09. The highest BCUT2D eigenvalue weighted by Crippen LogP contribution is 2.39. The van der Waals surface area contributed by atoms with Gasteiger partial charge in [0.25, 0.3) is 5.89 Å². The number of halogens is 1. The van der Waals surface area contributed by atoms with Gasteiger partial charge in [-0.15, -0.1) is 0 Å². The van der Waals surface area contributed by atoms with Crippen LogP contribution < -0.4 is 14.8 Å². The van der Waals surface area contributed by atoms with Crippen LogP contribution in [0.1, 0.15) is 31.3 Å². The number of fused-ring (bicyclic) bond motifs is 1. The number of thiocarbonyl (C=S) groups is 1. The lowest BCUT2D eigenvalue weighted by molar-refractivity contribution is 0.174. The van der Waals surface area contributed by atoms with Crippen LogP contribution in [0.5, 0.6) is 11.5 Å². The number of aromatic nitrogens is 2. The van der Waals surface area contributed by atoms with E-state index in [0.29, 0.717) is 33.3 Å². The van der Waals surface area contributed by atoms with Crippen LogP contribution >= 0.6 is 23.8 Å². The van der Waals surface area contributed by atoms with Crippen LogP contribution in [0.25, 0.3) is 17.0 Å².